The predicted molar refractivity (Wildman–Crippen MR) is 106 cm³/mol. The zero-order valence-corrected chi connectivity index (χ0v) is 16.9. The molecule has 0 aliphatic carbocycles. The first-order valence-corrected chi connectivity index (χ1v) is 10.2. The zero-order valence-electron chi connectivity index (χ0n) is 15.2. The van der Waals surface area contributed by atoms with Crippen molar-refractivity contribution in [3.05, 3.63) is 38.5 Å². The molecule has 6 heteroatoms. The molecule has 24 heavy (non-hydrogen) atoms. The molecule has 2 N–H and O–H groups in total. The third-order valence-corrected chi connectivity index (χ3v) is 5.96. The molecule has 0 aliphatic heterocycles. The molecule has 2 rings (SSSR count). The predicted octanol–water partition coefficient (Wildman–Crippen LogP) is 4.36. The van der Waals surface area contributed by atoms with Gasteiger partial charge in [-0.15, -0.1) is 22.7 Å². The Morgan fingerprint density at radius 2 is 2.08 bits per heavy atom. The molecule has 1 atom stereocenters. The highest BCUT2D eigenvalue weighted by atomic mass is 32.1. The number of rotatable bonds is 6. The van der Waals surface area contributed by atoms with Gasteiger partial charge in [-0.25, -0.2) is 9.98 Å². The molecule has 0 amide bonds. The molecule has 0 saturated carbocycles. The highest BCUT2D eigenvalue weighted by Crippen LogP contribution is 2.25. The monoisotopic (exact) mass is 364 g/mol. The van der Waals surface area contributed by atoms with Gasteiger partial charge in [0.2, 0.25) is 0 Å². The van der Waals surface area contributed by atoms with Crippen molar-refractivity contribution in [2.75, 3.05) is 13.1 Å². The van der Waals surface area contributed by atoms with E-state index in [0.29, 0.717) is 12.5 Å². The van der Waals surface area contributed by atoms with Crippen LogP contribution in [0, 0.1) is 0 Å². The van der Waals surface area contributed by atoms with Crippen molar-refractivity contribution in [1.82, 2.24) is 15.6 Å². The molecule has 0 radical (unpaired) electrons. The van der Waals surface area contributed by atoms with Gasteiger partial charge < -0.3 is 10.6 Å². The maximum atomic E-state index is 4.71. The second-order valence-corrected chi connectivity index (χ2v) is 8.72. The summed E-state index contributed by atoms with van der Waals surface area (Å²) < 4.78 is 0. The Labute approximate surface area is 153 Å². The normalized spacial score (nSPS) is 13.8. The van der Waals surface area contributed by atoms with Crippen LogP contribution < -0.4 is 10.6 Å². The minimum atomic E-state index is 0.103. The van der Waals surface area contributed by atoms with E-state index in [1.165, 1.54) is 4.88 Å². The Kier molecular flexibility index (Phi) is 6.80. The smallest absolute Gasteiger partial charge is 0.191 e. The number of aromatic nitrogens is 1. The number of guanidine groups is 1. The number of hydrogen-bond acceptors (Lipinski definition) is 4. The van der Waals surface area contributed by atoms with E-state index in [9.17, 15) is 0 Å². The fraction of sp³-hybridized carbons (Fsp3) is 0.556. The summed E-state index contributed by atoms with van der Waals surface area (Å²) in [6, 6.07) is 4.29. The molecule has 1 unspecified atom stereocenters. The zero-order chi connectivity index (χ0) is 17.6. The standard InChI is InChI=1S/C18H28N4S2/c1-6-19-17(20-10-13(2)15-8-7-9-23-15)21-11-14-12-24-16(22-14)18(3,4)5/h7-9,12-13H,6,10-11H2,1-5H3,(H2,19,20,21). The number of nitrogens with zero attached hydrogens (tertiary/aromatic N) is 2. The van der Waals surface area contributed by atoms with Gasteiger partial charge in [0.1, 0.15) is 0 Å². The molecular formula is C18H28N4S2. The fourth-order valence-electron chi connectivity index (χ4n) is 2.15. The average molecular weight is 365 g/mol. The lowest BCUT2D eigenvalue weighted by atomic mass is 9.98. The summed E-state index contributed by atoms with van der Waals surface area (Å²) in [5.74, 6) is 1.33. The van der Waals surface area contributed by atoms with Gasteiger partial charge in [-0.05, 0) is 18.4 Å². The van der Waals surface area contributed by atoms with E-state index in [4.69, 9.17) is 4.98 Å². The van der Waals surface area contributed by atoms with Gasteiger partial charge in [-0.3, -0.25) is 0 Å². The Balaban J connectivity index is 1.94. The Bertz CT molecular complexity index is 638. The van der Waals surface area contributed by atoms with Gasteiger partial charge >= 0.3 is 0 Å². The van der Waals surface area contributed by atoms with Crippen LogP contribution in [0.5, 0.6) is 0 Å². The van der Waals surface area contributed by atoms with E-state index in [1.807, 2.05) is 0 Å². The number of hydrogen-bond donors (Lipinski definition) is 2. The van der Waals surface area contributed by atoms with Crippen LogP contribution in [0.2, 0.25) is 0 Å². The van der Waals surface area contributed by atoms with E-state index in [2.05, 4.69) is 73.1 Å². The first-order chi connectivity index (χ1) is 11.4. The number of aliphatic imine (C=N–C) groups is 1. The second kappa shape index (κ2) is 8.62. The largest absolute Gasteiger partial charge is 0.357 e. The molecule has 4 nitrogen and oxygen atoms in total. The van der Waals surface area contributed by atoms with Crippen molar-refractivity contribution in [2.45, 2.75) is 52.5 Å². The lowest BCUT2D eigenvalue weighted by Crippen LogP contribution is -2.39. The fourth-order valence-corrected chi connectivity index (χ4v) is 3.83. The van der Waals surface area contributed by atoms with E-state index in [1.54, 1.807) is 22.7 Å². The van der Waals surface area contributed by atoms with Gasteiger partial charge in [-0.1, -0.05) is 33.8 Å². The summed E-state index contributed by atoms with van der Waals surface area (Å²) >= 11 is 3.52. The maximum absolute atomic E-state index is 4.71. The van der Waals surface area contributed by atoms with E-state index in [-0.39, 0.29) is 5.41 Å². The molecule has 0 saturated heterocycles. The highest BCUT2D eigenvalue weighted by molar-refractivity contribution is 7.10. The number of nitrogens with one attached hydrogen (secondary N) is 2. The van der Waals surface area contributed by atoms with Crippen LogP contribution in [-0.2, 0) is 12.0 Å². The summed E-state index contributed by atoms with van der Waals surface area (Å²) in [6.07, 6.45) is 0. The van der Waals surface area contributed by atoms with Gasteiger partial charge in [0, 0.05) is 34.7 Å². The average Bonchev–Trinajstić information content (AvgIpc) is 3.20. The van der Waals surface area contributed by atoms with Crippen molar-refractivity contribution in [3.8, 4) is 0 Å². The van der Waals surface area contributed by atoms with Gasteiger partial charge in [0.05, 0.1) is 17.2 Å². The summed E-state index contributed by atoms with van der Waals surface area (Å²) in [4.78, 5) is 10.8. The van der Waals surface area contributed by atoms with Crippen molar-refractivity contribution < 1.29 is 0 Å². The van der Waals surface area contributed by atoms with Crippen LogP contribution in [0.3, 0.4) is 0 Å². The third-order valence-electron chi connectivity index (χ3n) is 3.54. The first-order valence-electron chi connectivity index (χ1n) is 8.40. The van der Waals surface area contributed by atoms with Crippen LogP contribution in [-0.4, -0.2) is 24.0 Å². The van der Waals surface area contributed by atoms with Crippen LogP contribution >= 0.6 is 22.7 Å². The van der Waals surface area contributed by atoms with E-state index < -0.39 is 0 Å². The molecule has 132 valence electrons. The number of thiophene rings is 1. The molecule has 2 aromatic heterocycles. The van der Waals surface area contributed by atoms with Crippen LogP contribution in [0.4, 0.5) is 0 Å². The lowest BCUT2D eigenvalue weighted by Gasteiger charge is -2.15. The molecule has 0 spiro atoms. The number of thiazole rings is 1. The molecule has 0 fully saturated rings. The SMILES string of the molecule is CCNC(=NCc1csc(C(C)(C)C)n1)NCC(C)c1cccs1. The van der Waals surface area contributed by atoms with Crippen LogP contribution in [0.1, 0.15) is 56.1 Å². The second-order valence-electron chi connectivity index (χ2n) is 6.89. The molecule has 0 bridgehead atoms. The van der Waals surface area contributed by atoms with Crippen molar-refractivity contribution in [3.63, 3.8) is 0 Å². The quantitative estimate of drug-likeness (QED) is 0.591. The van der Waals surface area contributed by atoms with Gasteiger partial charge in [0.25, 0.3) is 0 Å². The molecule has 0 aromatic carbocycles. The highest BCUT2D eigenvalue weighted by Gasteiger charge is 2.17. The first kappa shape index (κ1) is 18.9. The molecule has 2 aromatic rings. The molecular weight excluding hydrogens is 336 g/mol. The van der Waals surface area contributed by atoms with Crippen molar-refractivity contribution in [1.29, 1.82) is 0 Å². The van der Waals surface area contributed by atoms with Crippen LogP contribution in [0.25, 0.3) is 0 Å². The van der Waals surface area contributed by atoms with E-state index >= 15 is 0 Å². The Morgan fingerprint density at radius 1 is 1.29 bits per heavy atom. The van der Waals surface area contributed by atoms with Gasteiger partial charge in [-0.2, -0.15) is 0 Å². The lowest BCUT2D eigenvalue weighted by molar-refractivity contribution is 0.583. The molecule has 0 aliphatic rings. The molecule has 2 heterocycles. The van der Waals surface area contributed by atoms with Crippen LogP contribution in [0.15, 0.2) is 27.9 Å². The Hall–Kier alpha value is -1.40. The van der Waals surface area contributed by atoms with Gasteiger partial charge in [0.15, 0.2) is 5.96 Å². The summed E-state index contributed by atoms with van der Waals surface area (Å²) in [5, 5.41) is 12.1. The maximum Gasteiger partial charge on any atom is 0.191 e. The summed E-state index contributed by atoms with van der Waals surface area (Å²) in [6.45, 7) is 13.2. The third kappa shape index (κ3) is 5.60. The Morgan fingerprint density at radius 3 is 2.67 bits per heavy atom. The summed E-state index contributed by atoms with van der Waals surface area (Å²) in [7, 11) is 0. The summed E-state index contributed by atoms with van der Waals surface area (Å²) in [5.41, 5.74) is 1.14. The minimum absolute atomic E-state index is 0.103. The van der Waals surface area contributed by atoms with E-state index in [0.717, 1.165) is 29.8 Å². The topological polar surface area (TPSA) is 49.3 Å². The minimum Gasteiger partial charge on any atom is -0.357 e. The van der Waals surface area contributed by atoms with Crippen molar-refractivity contribution >= 4 is 28.6 Å². The van der Waals surface area contributed by atoms with Crippen molar-refractivity contribution in [2.24, 2.45) is 4.99 Å².